The molecule has 7 nitrogen and oxygen atoms in total. The molecule has 9 heteroatoms. The monoisotopic (exact) mass is 551 g/mol. The van der Waals surface area contributed by atoms with Crippen LogP contribution in [0.1, 0.15) is 44.6 Å². The lowest BCUT2D eigenvalue weighted by Crippen LogP contribution is -2.53. The Bertz CT molecular complexity index is 1350. The standard InChI is InChI=1S/C30H34FN3O4S/c1-2-28(30(36)32-25-13-9-10-14-25)33(21-23-11-5-3-6-12-23)29(35)22-34(26-15-7-4-8-16-26)39(37,38)27-19-17-24(31)18-20-27/h3-8,11-12,15-20,25,28H,2,9-10,13-14,21-22H2,1H3,(H,32,36)/t28-/m1/s1. The third-order valence-corrected chi connectivity index (χ3v) is 8.80. The van der Waals surface area contributed by atoms with Crippen LogP contribution in [0.4, 0.5) is 10.1 Å². The van der Waals surface area contributed by atoms with Crippen molar-refractivity contribution in [3.63, 3.8) is 0 Å². The van der Waals surface area contributed by atoms with Crippen molar-refractivity contribution in [3.05, 3.63) is 96.3 Å². The molecule has 3 aromatic rings. The van der Waals surface area contributed by atoms with Crippen LogP contribution in [-0.4, -0.2) is 43.8 Å². The molecule has 0 saturated heterocycles. The lowest BCUT2D eigenvalue weighted by Gasteiger charge is -2.33. The van der Waals surface area contributed by atoms with Gasteiger partial charge in [-0.2, -0.15) is 0 Å². The number of hydrogen-bond donors (Lipinski definition) is 1. The molecule has 0 radical (unpaired) electrons. The molecule has 0 unspecified atom stereocenters. The van der Waals surface area contributed by atoms with Crippen LogP contribution in [0.2, 0.25) is 0 Å². The fourth-order valence-electron chi connectivity index (χ4n) is 4.92. The number of para-hydroxylation sites is 1. The minimum absolute atomic E-state index is 0.0832. The fourth-order valence-corrected chi connectivity index (χ4v) is 6.34. The van der Waals surface area contributed by atoms with Gasteiger partial charge in [-0.3, -0.25) is 13.9 Å². The maximum atomic E-state index is 14.0. The molecule has 1 aliphatic rings. The first-order valence-electron chi connectivity index (χ1n) is 13.3. The number of nitrogens with one attached hydrogen (secondary N) is 1. The van der Waals surface area contributed by atoms with Crippen LogP contribution in [0.15, 0.2) is 89.8 Å². The minimum atomic E-state index is -4.23. The van der Waals surface area contributed by atoms with E-state index in [1.807, 2.05) is 37.3 Å². The Morgan fingerprint density at radius 1 is 0.923 bits per heavy atom. The largest absolute Gasteiger partial charge is 0.352 e. The lowest BCUT2D eigenvalue weighted by molar-refractivity contribution is -0.140. The summed E-state index contributed by atoms with van der Waals surface area (Å²) in [6.45, 7) is 1.47. The summed E-state index contributed by atoms with van der Waals surface area (Å²) in [5.41, 5.74) is 1.11. The number of hydrogen-bond acceptors (Lipinski definition) is 4. The second kappa shape index (κ2) is 12.9. The molecule has 1 fully saturated rings. The zero-order valence-electron chi connectivity index (χ0n) is 22.0. The number of halogens is 1. The van der Waals surface area contributed by atoms with Crippen molar-refractivity contribution in [2.24, 2.45) is 0 Å². The van der Waals surface area contributed by atoms with Crippen LogP contribution in [-0.2, 0) is 26.2 Å². The van der Waals surface area contributed by atoms with Crippen molar-refractivity contribution in [3.8, 4) is 0 Å². The molecule has 1 N–H and O–H groups in total. The highest BCUT2D eigenvalue weighted by molar-refractivity contribution is 7.92. The predicted octanol–water partition coefficient (Wildman–Crippen LogP) is 4.89. The van der Waals surface area contributed by atoms with Gasteiger partial charge in [0.1, 0.15) is 18.4 Å². The van der Waals surface area contributed by atoms with Crippen molar-refractivity contribution >= 4 is 27.5 Å². The average molecular weight is 552 g/mol. The predicted molar refractivity (Wildman–Crippen MR) is 149 cm³/mol. The molecule has 4 rings (SSSR count). The van der Waals surface area contributed by atoms with E-state index in [4.69, 9.17) is 0 Å². The van der Waals surface area contributed by atoms with E-state index in [-0.39, 0.29) is 23.4 Å². The highest BCUT2D eigenvalue weighted by Crippen LogP contribution is 2.25. The van der Waals surface area contributed by atoms with Gasteiger partial charge in [-0.25, -0.2) is 12.8 Å². The van der Waals surface area contributed by atoms with Crippen molar-refractivity contribution in [2.45, 2.75) is 62.6 Å². The van der Waals surface area contributed by atoms with E-state index in [0.717, 1.165) is 47.7 Å². The van der Waals surface area contributed by atoms with Gasteiger partial charge in [-0.15, -0.1) is 0 Å². The maximum Gasteiger partial charge on any atom is 0.264 e. The van der Waals surface area contributed by atoms with Gasteiger partial charge in [0.2, 0.25) is 11.8 Å². The second-order valence-corrected chi connectivity index (χ2v) is 11.6. The maximum absolute atomic E-state index is 14.0. The first kappa shape index (κ1) is 28.3. The first-order chi connectivity index (χ1) is 18.8. The highest BCUT2D eigenvalue weighted by atomic mass is 32.2. The van der Waals surface area contributed by atoms with E-state index in [1.54, 1.807) is 30.3 Å². The Hall–Kier alpha value is -3.72. The number of amides is 2. The molecule has 0 spiro atoms. The number of nitrogens with zero attached hydrogens (tertiary/aromatic N) is 2. The van der Waals surface area contributed by atoms with Gasteiger partial charge in [0.05, 0.1) is 10.6 Å². The van der Waals surface area contributed by atoms with Crippen molar-refractivity contribution in [2.75, 3.05) is 10.8 Å². The van der Waals surface area contributed by atoms with E-state index in [0.29, 0.717) is 12.1 Å². The SMILES string of the molecule is CC[C@H](C(=O)NC1CCCC1)N(Cc1ccccc1)C(=O)CN(c1ccccc1)S(=O)(=O)c1ccc(F)cc1. The molecule has 0 bridgehead atoms. The molecule has 0 aliphatic heterocycles. The van der Waals surface area contributed by atoms with Gasteiger partial charge in [-0.05, 0) is 61.2 Å². The number of anilines is 1. The van der Waals surface area contributed by atoms with Crippen LogP contribution in [0, 0.1) is 5.82 Å². The number of carbonyl (C=O) groups is 2. The van der Waals surface area contributed by atoms with Gasteiger partial charge in [-0.1, -0.05) is 68.3 Å². The summed E-state index contributed by atoms with van der Waals surface area (Å²) in [7, 11) is -4.23. The van der Waals surface area contributed by atoms with Crippen LogP contribution in [0.5, 0.6) is 0 Å². The zero-order valence-corrected chi connectivity index (χ0v) is 22.8. The Morgan fingerprint density at radius 2 is 1.51 bits per heavy atom. The number of sulfonamides is 1. The summed E-state index contributed by atoms with van der Waals surface area (Å²) in [5.74, 6) is -1.31. The molecule has 39 heavy (non-hydrogen) atoms. The molecule has 2 amide bonds. The molecular weight excluding hydrogens is 517 g/mol. The highest BCUT2D eigenvalue weighted by Gasteiger charge is 2.34. The van der Waals surface area contributed by atoms with Crippen LogP contribution in [0.3, 0.4) is 0 Å². The molecule has 1 atom stereocenters. The van der Waals surface area contributed by atoms with E-state index < -0.39 is 34.3 Å². The van der Waals surface area contributed by atoms with Crippen LogP contribution >= 0.6 is 0 Å². The molecular formula is C30H34FN3O4S. The summed E-state index contributed by atoms with van der Waals surface area (Å²) in [6.07, 6.45) is 4.30. The topological polar surface area (TPSA) is 86.8 Å². The number of rotatable bonds is 11. The Labute approximate surface area is 229 Å². The third kappa shape index (κ3) is 7.03. The summed E-state index contributed by atoms with van der Waals surface area (Å²) in [6, 6.07) is 21.4. The van der Waals surface area contributed by atoms with E-state index >= 15 is 0 Å². The Morgan fingerprint density at radius 3 is 2.10 bits per heavy atom. The van der Waals surface area contributed by atoms with Crippen molar-refractivity contribution in [1.29, 1.82) is 0 Å². The van der Waals surface area contributed by atoms with Gasteiger partial charge >= 0.3 is 0 Å². The molecule has 0 aromatic heterocycles. The van der Waals surface area contributed by atoms with Gasteiger partial charge in [0, 0.05) is 12.6 Å². The van der Waals surface area contributed by atoms with Gasteiger partial charge in [0.15, 0.2) is 0 Å². The average Bonchev–Trinajstić information content (AvgIpc) is 3.45. The number of carbonyl (C=O) groups excluding carboxylic acids is 2. The van der Waals surface area contributed by atoms with Crippen molar-refractivity contribution < 1.29 is 22.4 Å². The Kier molecular flexibility index (Phi) is 9.35. The normalized spacial score (nSPS) is 14.5. The molecule has 1 aliphatic carbocycles. The van der Waals surface area contributed by atoms with E-state index in [2.05, 4.69) is 5.32 Å². The van der Waals surface area contributed by atoms with Gasteiger partial charge < -0.3 is 10.2 Å². The quantitative estimate of drug-likeness (QED) is 0.368. The fraction of sp³-hybridized carbons (Fsp3) is 0.333. The molecule has 3 aromatic carbocycles. The summed E-state index contributed by atoms with van der Waals surface area (Å²) >= 11 is 0. The molecule has 1 saturated carbocycles. The lowest BCUT2D eigenvalue weighted by atomic mass is 10.1. The van der Waals surface area contributed by atoms with E-state index in [1.165, 1.54) is 17.0 Å². The minimum Gasteiger partial charge on any atom is -0.352 e. The van der Waals surface area contributed by atoms with Crippen LogP contribution in [0.25, 0.3) is 0 Å². The Balaban J connectivity index is 1.68. The first-order valence-corrected chi connectivity index (χ1v) is 14.7. The summed E-state index contributed by atoms with van der Waals surface area (Å²) in [4.78, 5) is 28.7. The molecule has 0 heterocycles. The van der Waals surface area contributed by atoms with E-state index in [9.17, 15) is 22.4 Å². The second-order valence-electron chi connectivity index (χ2n) is 9.72. The molecule has 206 valence electrons. The smallest absolute Gasteiger partial charge is 0.264 e. The summed E-state index contributed by atoms with van der Waals surface area (Å²) < 4.78 is 42.0. The summed E-state index contributed by atoms with van der Waals surface area (Å²) in [5, 5.41) is 3.10. The zero-order chi connectivity index (χ0) is 27.8. The van der Waals surface area contributed by atoms with Crippen molar-refractivity contribution in [1.82, 2.24) is 10.2 Å². The number of benzene rings is 3. The third-order valence-electron chi connectivity index (χ3n) is 7.01. The van der Waals surface area contributed by atoms with Gasteiger partial charge in [0.25, 0.3) is 10.0 Å². The van der Waals surface area contributed by atoms with Crippen LogP contribution < -0.4 is 9.62 Å².